The number of aliphatic carboxylic acids is 1. The first-order chi connectivity index (χ1) is 6.27. The van der Waals surface area contributed by atoms with E-state index in [0.717, 1.165) is 5.69 Å². The monoisotopic (exact) mass is 178 g/mol. The Hall–Kier alpha value is -1.58. The Bertz CT molecular complexity index is 307. The van der Waals surface area contributed by atoms with Crippen molar-refractivity contribution in [2.45, 2.75) is 0 Å². The van der Waals surface area contributed by atoms with Crippen molar-refractivity contribution in [3.63, 3.8) is 0 Å². The Morgan fingerprint density at radius 1 is 1.62 bits per heavy atom. The molecule has 1 saturated heterocycles. The molecule has 1 fully saturated rings. The van der Waals surface area contributed by atoms with E-state index in [1.54, 1.807) is 12.4 Å². The minimum Gasteiger partial charge on any atom is -0.481 e. The Balaban J connectivity index is 1.98. The highest BCUT2D eigenvalue weighted by Gasteiger charge is 2.32. The molecule has 0 bridgehead atoms. The van der Waals surface area contributed by atoms with Crippen LogP contribution in [-0.4, -0.2) is 29.1 Å². The van der Waals surface area contributed by atoms with Gasteiger partial charge < -0.3 is 10.0 Å². The van der Waals surface area contributed by atoms with Gasteiger partial charge >= 0.3 is 5.97 Å². The predicted octanol–water partition coefficient (Wildman–Crippen LogP) is 0.602. The Morgan fingerprint density at radius 3 is 2.92 bits per heavy atom. The highest BCUT2D eigenvalue weighted by Crippen LogP contribution is 2.23. The number of hydrogen-bond donors (Lipinski definition) is 1. The van der Waals surface area contributed by atoms with Crippen LogP contribution in [0.4, 0.5) is 5.69 Å². The maximum Gasteiger partial charge on any atom is 0.310 e. The summed E-state index contributed by atoms with van der Waals surface area (Å²) < 4.78 is 0. The van der Waals surface area contributed by atoms with E-state index in [9.17, 15) is 4.79 Å². The smallest absolute Gasteiger partial charge is 0.310 e. The van der Waals surface area contributed by atoms with Gasteiger partial charge in [-0.2, -0.15) is 0 Å². The van der Waals surface area contributed by atoms with E-state index in [4.69, 9.17) is 5.11 Å². The number of carboxylic acids is 1. The van der Waals surface area contributed by atoms with Crippen molar-refractivity contribution in [1.82, 2.24) is 4.98 Å². The van der Waals surface area contributed by atoms with Crippen LogP contribution >= 0.6 is 0 Å². The molecule has 0 unspecified atom stereocenters. The zero-order valence-electron chi connectivity index (χ0n) is 7.05. The Morgan fingerprint density at radius 2 is 2.38 bits per heavy atom. The number of nitrogens with zero attached hydrogens (tertiary/aromatic N) is 2. The fourth-order valence-corrected chi connectivity index (χ4v) is 1.39. The number of anilines is 1. The van der Waals surface area contributed by atoms with Crippen LogP contribution in [0.5, 0.6) is 0 Å². The molecular formula is C9H10N2O2. The van der Waals surface area contributed by atoms with Crippen LogP contribution in [-0.2, 0) is 4.79 Å². The van der Waals surface area contributed by atoms with Crippen LogP contribution in [0.1, 0.15) is 0 Å². The van der Waals surface area contributed by atoms with Crippen LogP contribution in [0.2, 0.25) is 0 Å². The van der Waals surface area contributed by atoms with Crippen LogP contribution in [0.3, 0.4) is 0 Å². The van der Waals surface area contributed by atoms with Gasteiger partial charge in [0.15, 0.2) is 0 Å². The highest BCUT2D eigenvalue weighted by atomic mass is 16.4. The topological polar surface area (TPSA) is 53.4 Å². The number of carboxylic acid groups (broad SMARTS) is 1. The standard InChI is InChI=1S/C9H10N2O2/c12-9(13)7-5-11(6-7)8-2-1-3-10-4-8/h1-4,7H,5-6H2,(H,12,13). The van der Waals surface area contributed by atoms with Gasteiger partial charge in [0.05, 0.1) is 17.8 Å². The maximum absolute atomic E-state index is 10.5. The largest absolute Gasteiger partial charge is 0.481 e. The summed E-state index contributed by atoms with van der Waals surface area (Å²) >= 11 is 0. The summed E-state index contributed by atoms with van der Waals surface area (Å²) in [4.78, 5) is 16.5. The van der Waals surface area contributed by atoms with E-state index in [1.165, 1.54) is 0 Å². The summed E-state index contributed by atoms with van der Waals surface area (Å²) in [6, 6.07) is 3.79. The molecule has 1 aromatic heterocycles. The molecule has 1 N–H and O–H groups in total. The minimum absolute atomic E-state index is 0.208. The normalized spacial score (nSPS) is 16.8. The molecule has 68 valence electrons. The molecule has 0 amide bonds. The van der Waals surface area contributed by atoms with Gasteiger partial charge in [-0.15, -0.1) is 0 Å². The molecule has 0 aliphatic carbocycles. The van der Waals surface area contributed by atoms with Gasteiger partial charge in [-0.25, -0.2) is 0 Å². The van der Waals surface area contributed by atoms with Gasteiger partial charge in [0.2, 0.25) is 0 Å². The van der Waals surface area contributed by atoms with Gasteiger partial charge in [-0.05, 0) is 12.1 Å². The highest BCUT2D eigenvalue weighted by molar-refractivity contribution is 5.74. The van der Waals surface area contributed by atoms with Gasteiger partial charge in [-0.3, -0.25) is 9.78 Å². The maximum atomic E-state index is 10.5. The quantitative estimate of drug-likeness (QED) is 0.720. The van der Waals surface area contributed by atoms with Gasteiger partial charge in [0.25, 0.3) is 0 Å². The average Bonchev–Trinajstić information content (AvgIpc) is 2.02. The summed E-state index contributed by atoms with van der Waals surface area (Å²) in [5, 5.41) is 8.66. The predicted molar refractivity (Wildman–Crippen MR) is 47.6 cm³/mol. The lowest BCUT2D eigenvalue weighted by Gasteiger charge is -2.38. The summed E-state index contributed by atoms with van der Waals surface area (Å²) in [7, 11) is 0. The lowest BCUT2D eigenvalue weighted by Crippen LogP contribution is -2.50. The summed E-state index contributed by atoms with van der Waals surface area (Å²) in [5.41, 5.74) is 1.00. The van der Waals surface area contributed by atoms with Crippen LogP contribution in [0.15, 0.2) is 24.5 Å². The molecule has 1 aliphatic heterocycles. The molecule has 4 heteroatoms. The van der Waals surface area contributed by atoms with Crippen molar-refractivity contribution in [1.29, 1.82) is 0 Å². The van der Waals surface area contributed by atoms with E-state index < -0.39 is 5.97 Å². The first-order valence-electron chi connectivity index (χ1n) is 4.15. The van der Waals surface area contributed by atoms with E-state index >= 15 is 0 Å². The molecule has 0 saturated carbocycles. The number of aromatic nitrogens is 1. The molecule has 2 rings (SSSR count). The molecule has 4 nitrogen and oxygen atoms in total. The van der Waals surface area contributed by atoms with Crippen molar-refractivity contribution < 1.29 is 9.90 Å². The zero-order valence-corrected chi connectivity index (χ0v) is 7.05. The van der Waals surface area contributed by atoms with Crippen molar-refractivity contribution >= 4 is 11.7 Å². The van der Waals surface area contributed by atoms with Crippen molar-refractivity contribution in [2.24, 2.45) is 5.92 Å². The Labute approximate surface area is 75.8 Å². The van der Waals surface area contributed by atoms with Crippen LogP contribution in [0.25, 0.3) is 0 Å². The lowest BCUT2D eigenvalue weighted by molar-refractivity contribution is -0.142. The number of rotatable bonds is 2. The fourth-order valence-electron chi connectivity index (χ4n) is 1.39. The van der Waals surface area contributed by atoms with E-state index in [1.807, 2.05) is 17.0 Å². The Kier molecular flexibility index (Phi) is 1.88. The molecule has 2 heterocycles. The molecular weight excluding hydrogens is 168 g/mol. The van der Waals surface area contributed by atoms with Crippen molar-refractivity contribution in [2.75, 3.05) is 18.0 Å². The molecule has 13 heavy (non-hydrogen) atoms. The number of hydrogen-bond acceptors (Lipinski definition) is 3. The zero-order chi connectivity index (χ0) is 9.26. The number of pyridine rings is 1. The molecule has 0 aromatic carbocycles. The van der Waals surface area contributed by atoms with E-state index in [2.05, 4.69) is 4.98 Å². The third-order valence-electron chi connectivity index (χ3n) is 2.24. The molecule has 1 aliphatic rings. The van der Waals surface area contributed by atoms with Gasteiger partial charge in [-0.1, -0.05) is 0 Å². The molecule has 0 radical (unpaired) electrons. The second-order valence-electron chi connectivity index (χ2n) is 3.15. The second kappa shape index (κ2) is 3.05. The lowest BCUT2D eigenvalue weighted by atomic mass is 10.0. The molecule has 0 spiro atoms. The fraction of sp³-hybridized carbons (Fsp3) is 0.333. The first kappa shape index (κ1) is 8.04. The minimum atomic E-state index is -0.708. The third-order valence-corrected chi connectivity index (χ3v) is 2.24. The van der Waals surface area contributed by atoms with Crippen molar-refractivity contribution in [3.05, 3.63) is 24.5 Å². The van der Waals surface area contributed by atoms with Gasteiger partial charge in [0.1, 0.15) is 0 Å². The van der Waals surface area contributed by atoms with E-state index in [0.29, 0.717) is 13.1 Å². The summed E-state index contributed by atoms with van der Waals surface area (Å²) in [5.74, 6) is -0.916. The first-order valence-corrected chi connectivity index (χ1v) is 4.15. The van der Waals surface area contributed by atoms with Crippen LogP contribution < -0.4 is 4.90 Å². The molecule has 0 atom stereocenters. The molecule has 1 aromatic rings. The SMILES string of the molecule is O=C(O)C1CN(c2cccnc2)C1. The van der Waals surface area contributed by atoms with Crippen molar-refractivity contribution in [3.8, 4) is 0 Å². The van der Waals surface area contributed by atoms with E-state index in [-0.39, 0.29) is 5.92 Å². The summed E-state index contributed by atoms with van der Waals surface area (Å²) in [6.07, 6.45) is 3.45. The average molecular weight is 178 g/mol. The summed E-state index contributed by atoms with van der Waals surface area (Å²) in [6.45, 7) is 1.20. The third kappa shape index (κ3) is 1.47. The van der Waals surface area contributed by atoms with Crippen LogP contribution in [0, 0.1) is 5.92 Å². The van der Waals surface area contributed by atoms with Gasteiger partial charge in [0, 0.05) is 19.3 Å². The second-order valence-corrected chi connectivity index (χ2v) is 3.15. The number of carbonyl (C=O) groups is 1.